The van der Waals surface area contributed by atoms with Crippen LogP contribution < -0.4 is 14.8 Å². The first-order chi connectivity index (χ1) is 13.6. The number of hydrogen-bond acceptors (Lipinski definition) is 5. The average Bonchev–Trinajstić information content (AvgIpc) is 2.73. The smallest absolute Gasteiger partial charge is 0.260 e. The molecule has 28 heavy (non-hydrogen) atoms. The van der Waals surface area contributed by atoms with Crippen molar-refractivity contribution in [3.05, 3.63) is 29.8 Å². The van der Waals surface area contributed by atoms with Crippen molar-refractivity contribution in [2.45, 2.75) is 25.8 Å². The maximum Gasteiger partial charge on any atom is 0.260 e. The molecule has 2 fully saturated rings. The molecule has 2 aliphatic rings. The van der Waals surface area contributed by atoms with Crippen molar-refractivity contribution in [3.8, 4) is 11.5 Å². The maximum absolute atomic E-state index is 12.7. The molecule has 2 aliphatic heterocycles. The fourth-order valence-corrected chi connectivity index (χ4v) is 3.77. The Bertz CT molecular complexity index is 734. The first-order valence-corrected chi connectivity index (χ1v) is 9.84. The minimum atomic E-state index is -0.0631. The summed E-state index contributed by atoms with van der Waals surface area (Å²) in [5, 5.41) is 3.09. The number of methoxy groups -OCH3 is 1. The van der Waals surface area contributed by atoms with Gasteiger partial charge in [-0.2, -0.15) is 0 Å². The van der Waals surface area contributed by atoms with E-state index in [1.807, 2.05) is 47.1 Å². The highest BCUT2D eigenvalue weighted by Gasteiger charge is 2.31. The van der Waals surface area contributed by atoms with Crippen molar-refractivity contribution in [3.63, 3.8) is 0 Å². The minimum absolute atomic E-state index is 0.0401. The third-order valence-corrected chi connectivity index (χ3v) is 5.21. The summed E-state index contributed by atoms with van der Waals surface area (Å²) >= 11 is 0. The number of likely N-dealkylation sites (tertiary alicyclic amines) is 1. The number of rotatable bonds is 6. The summed E-state index contributed by atoms with van der Waals surface area (Å²) in [5.41, 5.74) is 1.01. The van der Waals surface area contributed by atoms with Crippen LogP contribution in [0.3, 0.4) is 0 Å². The molecular formula is C21H29N3O4. The van der Waals surface area contributed by atoms with E-state index in [1.165, 1.54) is 0 Å². The molecule has 3 rings (SSSR count). The van der Waals surface area contributed by atoms with Crippen LogP contribution in [-0.4, -0.2) is 74.1 Å². The number of allylic oxidation sites excluding steroid dienone is 1. The largest absolute Gasteiger partial charge is 0.493 e. The van der Waals surface area contributed by atoms with E-state index in [0.717, 1.165) is 24.9 Å². The van der Waals surface area contributed by atoms with Crippen LogP contribution >= 0.6 is 0 Å². The van der Waals surface area contributed by atoms with Crippen molar-refractivity contribution in [1.82, 2.24) is 15.1 Å². The molecule has 1 unspecified atom stereocenters. The third kappa shape index (κ3) is 4.84. The van der Waals surface area contributed by atoms with Crippen LogP contribution in [0, 0.1) is 0 Å². The van der Waals surface area contributed by atoms with Gasteiger partial charge in [0.2, 0.25) is 5.91 Å². The summed E-state index contributed by atoms with van der Waals surface area (Å²) in [4.78, 5) is 28.6. The maximum atomic E-state index is 12.7. The topological polar surface area (TPSA) is 71.1 Å². The number of carbonyl (C=O) groups excluding carboxylic acids is 2. The van der Waals surface area contributed by atoms with Crippen molar-refractivity contribution < 1.29 is 19.1 Å². The van der Waals surface area contributed by atoms with Crippen molar-refractivity contribution in [1.29, 1.82) is 0 Å². The van der Waals surface area contributed by atoms with E-state index in [-0.39, 0.29) is 24.5 Å². The molecule has 0 radical (unpaired) electrons. The summed E-state index contributed by atoms with van der Waals surface area (Å²) in [6.07, 6.45) is 5.77. The van der Waals surface area contributed by atoms with Crippen LogP contribution in [-0.2, 0) is 9.59 Å². The molecule has 0 bridgehead atoms. The molecule has 1 N–H and O–H groups in total. The lowest BCUT2D eigenvalue weighted by atomic mass is 10.0. The molecule has 0 aliphatic carbocycles. The molecule has 2 saturated heterocycles. The number of carbonyl (C=O) groups is 2. The predicted molar refractivity (Wildman–Crippen MR) is 107 cm³/mol. The van der Waals surface area contributed by atoms with Gasteiger partial charge in [-0.1, -0.05) is 18.2 Å². The zero-order valence-corrected chi connectivity index (χ0v) is 16.6. The van der Waals surface area contributed by atoms with Gasteiger partial charge in [0, 0.05) is 32.2 Å². The SMILES string of the molecule is C/C=C/c1ccc(OCC(=O)N2CCCC(N3CCNCC3=O)C2)c(OC)c1. The van der Waals surface area contributed by atoms with Crippen LogP contribution in [0.1, 0.15) is 25.3 Å². The predicted octanol–water partition coefficient (Wildman–Crippen LogP) is 1.53. The van der Waals surface area contributed by atoms with E-state index in [4.69, 9.17) is 9.47 Å². The standard InChI is InChI=1S/C21H29N3O4/c1-3-5-16-7-8-18(19(12-16)27-2)28-15-21(26)23-10-4-6-17(14-23)24-11-9-22-13-20(24)25/h3,5,7-8,12,17,22H,4,6,9-11,13-15H2,1-2H3/b5-3+. The highest BCUT2D eigenvalue weighted by atomic mass is 16.5. The van der Waals surface area contributed by atoms with Crippen molar-refractivity contribution in [2.24, 2.45) is 0 Å². The summed E-state index contributed by atoms with van der Waals surface area (Å²) < 4.78 is 11.1. The lowest BCUT2D eigenvalue weighted by Gasteiger charge is -2.41. The molecule has 0 saturated carbocycles. The van der Waals surface area contributed by atoms with Crippen LogP contribution in [0.15, 0.2) is 24.3 Å². The zero-order valence-electron chi connectivity index (χ0n) is 16.6. The van der Waals surface area contributed by atoms with E-state index in [2.05, 4.69) is 5.32 Å². The Hall–Kier alpha value is -2.54. The number of benzene rings is 1. The van der Waals surface area contributed by atoms with Gasteiger partial charge in [0.1, 0.15) is 0 Å². The number of amides is 2. The quantitative estimate of drug-likeness (QED) is 0.802. The molecule has 7 nitrogen and oxygen atoms in total. The van der Waals surface area contributed by atoms with Gasteiger partial charge in [-0.25, -0.2) is 0 Å². The van der Waals surface area contributed by atoms with Gasteiger partial charge in [-0.05, 0) is 37.5 Å². The van der Waals surface area contributed by atoms with Gasteiger partial charge in [0.05, 0.1) is 13.7 Å². The molecule has 1 aromatic carbocycles. The molecule has 2 amide bonds. The second-order valence-corrected chi connectivity index (χ2v) is 7.10. The van der Waals surface area contributed by atoms with Crippen LogP contribution in [0.5, 0.6) is 11.5 Å². The van der Waals surface area contributed by atoms with Crippen LogP contribution in [0.2, 0.25) is 0 Å². The van der Waals surface area contributed by atoms with Gasteiger partial charge in [-0.15, -0.1) is 0 Å². The van der Waals surface area contributed by atoms with E-state index < -0.39 is 0 Å². The monoisotopic (exact) mass is 387 g/mol. The van der Waals surface area contributed by atoms with E-state index >= 15 is 0 Å². The molecule has 0 spiro atoms. The van der Waals surface area contributed by atoms with E-state index in [0.29, 0.717) is 37.7 Å². The van der Waals surface area contributed by atoms with Gasteiger partial charge in [-0.3, -0.25) is 9.59 Å². The summed E-state index contributed by atoms with van der Waals surface area (Å²) in [6, 6.07) is 5.73. The Morgan fingerprint density at radius 2 is 2.18 bits per heavy atom. The number of nitrogens with one attached hydrogen (secondary N) is 1. The van der Waals surface area contributed by atoms with Gasteiger partial charge >= 0.3 is 0 Å². The molecule has 1 aromatic rings. The van der Waals surface area contributed by atoms with Gasteiger partial charge in [0.25, 0.3) is 5.91 Å². The Morgan fingerprint density at radius 3 is 2.93 bits per heavy atom. The molecule has 7 heteroatoms. The highest BCUT2D eigenvalue weighted by molar-refractivity contribution is 5.80. The molecular weight excluding hydrogens is 358 g/mol. The second-order valence-electron chi connectivity index (χ2n) is 7.10. The molecule has 2 heterocycles. The Morgan fingerprint density at radius 1 is 1.32 bits per heavy atom. The highest BCUT2D eigenvalue weighted by Crippen LogP contribution is 2.28. The minimum Gasteiger partial charge on any atom is -0.493 e. The van der Waals surface area contributed by atoms with Crippen LogP contribution in [0.4, 0.5) is 0 Å². The lowest BCUT2D eigenvalue weighted by Crippen LogP contribution is -2.57. The molecule has 152 valence electrons. The lowest BCUT2D eigenvalue weighted by molar-refractivity contribution is -0.141. The fraction of sp³-hybridized carbons (Fsp3) is 0.524. The summed E-state index contributed by atoms with van der Waals surface area (Å²) in [6.45, 7) is 5.09. The van der Waals surface area contributed by atoms with E-state index in [1.54, 1.807) is 7.11 Å². The summed E-state index contributed by atoms with van der Waals surface area (Å²) in [7, 11) is 1.59. The van der Waals surface area contributed by atoms with Gasteiger partial charge < -0.3 is 24.6 Å². The zero-order chi connectivity index (χ0) is 19.9. The average molecular weight is 387 g/mol. The number of piperazine rings is 1. The number of nitrogens with zero attached hydrogens (tertiary/aromatic N) is 2. The third-order valence-electron chi connectivity index (χ3n) is 5.21. The second kappa shape index (κ2) is 9.59. The summed E-state index contributed by atoms with van der Waals surface area (Å²) in [5.74, 6) is 1.21. The Kier molecular flexibility index (Phi) is 6.92. The first-order valence-electron chi connectivity index (χ1n) is 9.84. The van der Waals surface area contributed by atoms with Crippen molar-refractivity contribution >= 4 is 17.9 Å². The van der Waals surface area contributed by atoms with E-state index in [9.17, 15) is 9.59 Å². The van der Waals surface area contributed by atoms with Crippen molar-refractivity contribution in [2.75, 3.05) is 46.4 Å². The molecule has 1 atom stereocenters. The Balaban J connectivity index is 1.58. The molecule has 0 aromatic heterocycles. The first kappa shape index (κ1) is 20.2. The number of piperidine rings is 1. The van der Waals surface area contributed by atoms with Gasteiger partial charge in [0.15, 0.2) is 18.1 Å². The fourth-order valence-electron chi connectivity index (χ4n) is 3.77. The normalized spacial score (nSPS) is 20.5. The Labute approximate surface area is 166 Å². The van der Waals surface area contributed by atoms with Crippen LogP contribution in [0.25, 0.3) is 6.08 Å². The number of hydrogen-bond donors (Lipinski definition) is 1. The number of ether oxygens (including phenoxy) is 2.